The molecule has 2 heterocycles. The van der Waals surface area contributed by atoms with Gasteiger partial charge in [0.05, 0.1) is 10.6 Å². The van der Waals surface area contributed by atoms with Gasteiger partial charge in [0.25, 0.3) is 5.91 Å². The molecule has 1 aliphatic heterocycles. The molecule has 4 rings (SSSR count). The van der Waals surface area contributed by atoms with E-state index < -0.39 is 0 Å². The largest absolute Gasteiger partial charge is 0.354 e. The van der Waals surface area contributed by atoms with E-state index in [0.29, 0.717) is 34.6 Å². The van der Waals surface area contributed by atoms with Gasteiger partial charge in [0, 0.05) is 38.2 Å². The van der Waals surface area contributed by atoms with Crippen LogP contribution in [-0.4, -0.2) is 35.0 Å². The first-order chi connectivity index (χ1) is 12.4. The predicted molar refractivity (Wildman–Crippen MR) is 98.1 cm³/mol. The first-order valence-corrected chi connectivity index (χ1v) is 9.09. The Morgan fingerprint density at radius 2 is 2.12 bits per heavy atom. The third kappa shape index (κ3) is 2.78. The van der Waals surface area contributed by atoms with Crippen LogP contribution in [0.3, 0.4) is 0 Å². The average Bonchev–Trinajstić information content (AvgIpc) is 3.23. The van der Waals surface area contributed by atoms with Crippen LogP contribution in [-0.2, 0) is 11.3 Å². The summed E-state index contributed by atoms with van der Waals surface area (Å²) in [7, 11) is 1.63. The minimum atomic E-state index is -0.132. The molecule has 2 aliphatic rings. The average molecular weight is 374 g/mol. The number of benzene rings is 1. The van der Waals surface area contributed by atoms with Gasteiger partial charge in [0.15, 0.2) is 11.6 Å². The van der Waals surface area contributed by atoms with Gasteiger partial charge in [0.1, 0.15) is 0 Å². The maximum atomic E-state index is 12.8. The lowest BCUT2D eigenvalue weighted by Crippen LogP contribution is -2.34. The summed E-state index contributed by atoms with van der Waals surface area (Å²) >= 11 is 6.43. The lowest BCUT2D eigenvalue weighted by Gasteiger charge is -2.23. The van der Waals surface area contributed by atoms with Gasteiger partial charge in [-0.15, -0.1) is 0 Å². The highest BCUT2D eigenvalue weighted by Crippen LogP contribution is 2.41. The monoisotopic (exact) mass is 373 g/mol. The van der Waals surface area contributed by atoms with Crippen LogP contribution in [0.15, 0.2) is 22.7 Å². The van der Waals surface area contributed by atoms with E-state index in [1.54, 1.807) is 19.2 Å². The molecule has 2 aromatic rings. The Balaban J connectivity index is 1.66. The lowest BCUT2D eigenvalue weighted by atomic mass is 10.0. The molecule has 1 fully saturated rings. The molecule has 7 heteroatoms. The zero-order valence-electron chi connectivity index (χ0n) is 15.0. The molecule has 0 N–H and O–H groups in total. The van der Waals surface area contributed by atoms with Gasteiger partial charge in [-0.05, 0) is 43.4 Å². The molecule has 1 aromatic heterocycles. The van der Waals surface area contributed by atoms with Crippen LogP contribution < -0.4 is 4.90 Å². The van der Waals surface area contributed by atoms with Crippen molar-refractivity contribution in [2.24, 2.45) is 5.92 Å². The van der Waals surface area contributed by atoms with Crippen molar-refractivity contribution in [1.29, 1.82) is 0 Å². The standard InChI is InChI=1S/C19H20ClN3O3/c1-10(12-4-5-12)23-9-14-6-13(7-15(20)18(14)19(23)25)16-8-17(21-26-16)22(3)11(2)24/h6-8,10,12H,4-5,9H2,1-3H3/t10-/m0/s1. The molecule has 1 aromatic carbocycles. The summed E-state index contributed by atoms with van der Waals surface area (Å²) in [5.74, 6) is 1.42. The van der Waals surface area contributed by atoms with E-state index in [0.717, 1.165) is 11.1 Å². The summed E-state index contributed by atoms with van der Waals surface area (Å²) in [6.45, 7) is 4.13. The summed E-state index contributed by atoms with van der Waals surface area (Å²) < 4.78 is 5.39. The van der Waals surface area contributed by atoms with Crippen molar-refractivity contribution in [3.05, 3.63) is 34.3 Å². The molecule has 136 valence electrons. The van der Waals surface area contributed by atoms with Gasteiger partial charge >= 0.3 is 0 Å². The third-order valence-electron chi connectivity index (χ3n) is 5.38. The Hall–Kier alpha value is -2.34. The van der Waals surface area contributed by atoms with E-state index >= 15 is 0 Å². The van der Waals surface area contributed by atoms with Crippen LogP contribution >= 0.6 is 11.6 Å². The highest BCUT2D eigenvalue weighted by molar-refractivity contribution is 6.34. The Bertz CT molecular complexity index is 903. The smallest absolute Gasteiger partial charge is 0.256 e. The van der Waals surface area contributed by atoms with Crippen LogP contribution in [0.25, 0.3) is 11.3 Å². The van der Waals surface area contributed by atoms with E-state index in [4.69, 9.17) is 16.1 Å². The number of hydrogen-bond donors (Lipinski definition) is 0. The molecule has 1 aliphatic carbocycles. The number of aromatic nitrogens is 1. The zero-order valence-corrected chi connectivity index (χ0v) is 15.7. The van der Waals surface area contributed by atoms with Crippen molar-refractivity contribution < 1.29 is 14.1 Å². The molecule has 0 spiro atoms. The maximum Gasteiger partial charge on any atom is 0.256 e. The number of amides is 2. The summed E-state index contributed by atoms with van der Waals surface area (Å²) in [5, 5.41) is 4.36. The number of fused-ring (bicyclic) bond motifs is 1. The molecule has 6 nitrogen and oxygen atoms in total. The Kier molecular flexibility index (Phi) is 4.03. The number of hydrogen-bond acceptors (Lipinski definition) is 4. The molecule has 0 bridgehead atoms. The van der Waals surface area contributed by atoms with E-state index in [1.165, 1.54) is 24.7 Å². The number of anilines is 1. The van der Waals surface area contributed by atoms with Gasteiger partial charge in [-0.1, -0.05) is 16.8 Å². The normalized spacial score (nSPS) is 17.4. The fraction of sp³-hybridized carbons (Fsp3) is 0.421. The van der Waals surface area contributed by atoms with Crippen LogP contribution in [0.2, 0.25) is 5.02 Å². The third-order valence-corrected chi connectivity index (χ3v) is 5.68. The van der Waals surface area contributed by atoms with Crippen LogP contribution in [0.5, 0.6) is 0 Å². The van der Waals surface area contributed by atoms with Crippen molar-refractivity contribution in [3.63, 3.8) is 0 Å². The number of carbonyl (C=O) groups excluding carboxylic acids is 2. The maximum absolute atomic E-state index is 12.8. The Morgan fingerprint density at radius 3 is 2.77 bits per heavy atom. The molecular weight excluding hydrogens is 354 g/mol. The fourth-order valence-corrected chi connectivity index (χ4v) is 3.77. The number of halogens is 1. The van der Waals surface area contributed by atoms with Crippen LogP contribution in [0.1, 0.15) is 42.6 Å². The molecule has 0 radical (unpaired) electrons. The molecule has 0 saturated heterocycles. The van der Waals surface area contributed by atoms with Crippen molar-refractivity contribution in [1.82, 2.24) is 10.1 Å². The lowest BCUT2D eigenvalue weighted by molar-refractivity contribution is -0.116. The summed E-state index contributed by atoms with van der Waals surface area (Å²) in [6, 6.07) is 5.58. The predicted octanol–water partition coefficient (Wildman–Crippen LogP) is 3.73. The first-order valence-electron chi connectivity index (χ1n) is 8.71. The van der Waals surface area contributed by atoms with E-state index in [1.807, 2.05) is 11.0 Å². The van der Waals surface area contributed by atoms with Crippen molar-refractivity contribution in [2.75, 3.05) is 11.9 Å². The van der Waals surface area contributed by atoms with E-state index in [2.05, 4.69) is 12.1 Å². The minimum absolute atomic E-state index is 0.00511. The molecule has 0 unspecified atom stereocenters. The summed E-state index contributed by atoms with van der Waals surface area (Å²) in [5.41, 5.74) is 2.24. The number of nitrogens with zero attached hydrogens (tertiary/aromatic N) is 3. The highest BCUT2D eigenvalue weighted by Gasteiger charge is 2.39. The Morgan fingerprint density at radius 1 is 1.38 bits per heavy atom. The van der Waals surface area contributed by atoms with Gasteiger partial charge in [0.2, 0.25) is 5.91 Å². The molecule has 2 amide bonds. The van der Waals surface area contributed by atoms with Gasteiger partial charge in [-0.3, -0.25) is 14.5 Å². The number of carbonyl (C=O) groups is 2. The van der Waals surface area contributed by atoms with Crippen molar-refractivity contribution in [2.45, 2.75) is 39.3 Å². The second kappa shape index (κ2) is 6.13. The summed E-state index contributed by atoms with van der Waals surface area (Å²) in [6.07, 6.45) is 2.37. The fourth-order valence-electron chi connectivity index (χ4n) is 3.45. The molecular formula is C19H20ClN3O3. The van der Waals surface area contributed by atoms with Crippen molar-refractivity contribution >= 4 is 29.2 Å². The highest BCUT2D eigenvalue weighted by atomic mass is 35.5. The number of rotatable bonds is 4. The van der Waals surface area contributed by atoms with Crippen molar-refractivity contribution in [3.8, 4) is 11.3 Å². The first kappa shape index (κ1) is 17.1. The molecule has 26 heavy (non-hydrogen) atoms. The second-order valence-electron chi connectivity index (χ2n) is 7.13. The zero-order chi connectivity index (χ0) is 18.6. The van der Waals surface area contributed by atoms with E-state index in [-0.39, 0.29) is 17.9 Å². The van der Waals surface area contributed by atoms with Gasteiger partial charge < -0.3 is 9.42 Å². The SMILES string of the molecule is CC(=O)N(C)c1cc(-c2cc(Cl)c3c(c2)CN([C@@H](C)C2CC2)C3=O)on1. The van der Waals surface area contributed by atoms with Crippen LogP contribution in [0.4, 0.5) is 5.82 Å². The topological polar surface area (TPSA) is 66.7 Å². The summed E-state index contributed by atoms with van der Waals surface area (Å²) in [4.78, 5) is 27.6. The van der Waals surface area contributed by atoms with Gasteiger partial charge in [-0.25, -0.2) is 0 Å². The second-order valence-corrected chi connectivity index (χ2v) is 7.54. The molecule has 1 atom stereocenters. The quantitative estimate of drug-likeness (QED) is 0.818. The van der Waals surface area contributed by atoms with E-state index in [9.17, 15) is 9.59 Å². The molecule has 1 saturated carbocycles. The van der Waals surface area contributed by atoms with Gasteiger partial charge in [-0.2, -0.15) is 0 Å². The minimum Gasteiger partial charge on any atom is -0.354 e. The van der Waals surface area contributed by atoms with Crippen LogP contribution in [0, 0.1) is 5.92 Å². The Labute approximate surface area is 156 Å².